The van der Waals surface area contributed by atoms with Crippen molar-refractivity contribution in [2.75, 3.05) is 23.0 Å². The summed E-state index contributed by atoms with van der Waals surface area (Å²) in [6, 6.07) is 11.7. The lowest BCUT2D eigenvalue weighted by Gasteiger charge is -2.31. The molecule has 0 aliphatic carbocycles. The third-order valence-corrected chi connectivity index (χ3v) is 5.46. The number of sulfonamides is 1. The van der Waals surface area contributed by atoms with Gasteiger partial charge in [-0.15, -0.1) is 0 Å². The number of ether oxygens (including phenoxy) is 1. The molecule has 2 rings (SSSR count). The Kier molecular flexibility index (Phi) is 6.49. The maximum atomic E-state index is 13.0. The molecule has 0 radical (unpaired) electrons. The molecule has 0 saturated heterocycles. The van der Waals surface area contributed by atoms with E-state index in [2.05, 4.69) is 5.32 Å². The molecule has 1 amide bonds. The topological polar surface area (TPSA) is 75.7 Å². The summed E-state index contributed by atoms with van der Waals surface area (Å²) in [5.41, 5.74) is 2.72. The van der Waals surface area contributed by atoms with Crippen molar-refractivity contribution < 1.29 is 17.9 Å². The van der Waals surface area contributed by atoms with E-state index in [0.717, 1.165) is 17.4 Å². The molecule has 27 heavy (non-hydrogen) atoms. The second kappa shape index (κ2) is 8.43. The molecule has 146 valence electrons. The highest BCUT2D eigenvalue weighted by Crippen LogP contribution is 2.29. The number of benzene rings is 2. The Bertz CT molecular complexity index is 925. The first-order valence-corrected chi connectivity index (χ1v) is 10.5. The fourth-order valence-corrected chi connectivity index (χ4v) is 4.22. The highest BCUT2D eigenvalue weighted by Gasteiger charge is 2.32. The van der Waals surface area contributed by atoms with E-state index >= 15 is 0 Å². The van der Waals surface area contributed by atoms with Gasteiger partial charge in [-0.2, -0.15) is 0 Å². The molecule has 0 unspecified atom stereocenters. The van der Waals surface area contributed by atoms with Crippen LogP contribution >= 0.6 is 0 Å². The quantitative estimate of drug-likeness (QED) is 0.785. The lowest BCUT2D eigenvalue weighted by Crippen LogP contribution is -2.47. The summed E-state index contributed by atoms with van der Waals surface area (Å²) in [7, 11) is -2.17. The molecular formula is C20H26N2O4S. The van der Waals surface area contributed by atoms with Crippen LogP contribution in [0.5, 0.6) is 5.75 Å². The number of rotatable bonds is 7. The van der Waals surface area contributed by atoms with Crippen molar-refractivity contribution in [3.63, 3.8) is 0 Å². The minimum absolute atomic E-state index is 0.321. The predicted octanol–water partition coefficient (Wildman–Crippen LogP) is 3.50. The van der Waals surface area contributed by atoms with Crippen molar-refractivity contribution in [2.24, 2.45) is 0 Å². The minimum atomic E-state index is -3.68. The van der Waals surface area contributed by atoms with Gasteiger partial charge in [-0.1, -0.05) is 31.2 Å². The monoisotopic (exact) mass is 390 g/mol. The number of nitrogens with zero attached hydrogens (tertiary/aromatic N) is 1. The summed E-state index contributed by atoms with van der Waals surface area (Å²) < 4.78 is 31.7. The second-order valence-electron chi connectivity index (χ2n) is 6.46. The number of hydrogen-bond donors (Lipinski definition) is 1. The first kappa shape index (κ1) is 20.8. The van der Waals surface area contributed by atoms with E-state index in [4.69, 9.17) is 4.74 Å². The molecule has 2 aromatic rings. The van der Waals surface area contributed by atoms with Crippen LogP contribution in [-0.2, 0) is 14.8 Å². The summed E-state index contributed by atoms with van der Waals surface area (Å²) in [4.78, 5) is 13.0. The van der Waals surface area contributed by atoms with Gasteiger partial charge in [0.1, 0.15) is 11.8 Å². The van der Waals surface area contributed by atoms with Crippen molar-refractivity contribution in [3.05, 3.63) is 53.6 Å². The van der Waals surface area contributed by atoms with Gasteiger partial charge in [0.2, 0.25) is 15.9 Å². The van der Waals surface area contributed by atoms with E-state index in [-0.39, 0.29) is 0 Å². The third-order valence-electron chi connectivity index (χ3n) is 4.30. The van der Waals surface area contributed by atoms with Crippen LogP contribution in [0.25, 0.3) is 0 Å². The van der Waals surface area contributed by atoms with Crippen LogP contribution in [0.15, 0.2) is 42.5 Å². The van der Waals surface area contributed by atoms with Crippen LogP contribution in [0.2, 0.25) is 0 Å². The first-order valence-electron chi connectivity index (χ1n) is 8.69. The van der Waals surface area contributed by atoms with Gasteiger partial charge in [-0.3, -0.25) is 9.10 Å². The van der Waals surface area contributed by atoms with Gasteiger partial charge < -0.3 is 10.1 Å². The summed E-state index contributed by atoms with van der Waals surface area (Å²) in [5, 5.41) is 2.80. The molecule has 7 heteroatoms. The molecule has 2 aromatic carbocycles. The molecule has 0 aliphatic heterocycles. The average Bonchev–Trinajstić information content (AvgIpc) is 2.61. The van der Waals surface area contributed by atoms with Crippen LogP contribution in [0.1, 0.15) is 24.5 Å². The average molecular weight is 391 g/mol. The predicted molar refractivity (Wildman–Crippen MR) is 109 cm³/mol. The van der Waals surface area contributed by atoms with Gasteiger partial charge in [0.05, 0.1) is 24.7 Å². The van der Waals surface area contributed by atoms with Crippen molar-refractivity contribution in [2.45, 2.75) is 33.2 Å². The minimum Gasteiger partial charge on any atom is -0.495 e. The van der Waals surface area contributed by atoms with E-state index < -0.39 is 22.0 Å². The number of anilines is 2. The number of carbonyl (C=O) groups excluding carboxylic acids is 1. The fourth-order valence-electron chi connectivity index (χ4n) is 2.96. The van der Waals surface area contributed by atoms with Crippen LogP contribution in [0, 0.1) is 13.8 Å². The molecule has 0 spiro atoms. The number of hydrogen-bond acceptors (Lipinski definition) is 4. The van der Waals surface area contributed by atoms with E-state index in [9.17, 15) is 13.2 Å². The molecule has 0 aliphatic rings. The van der Waals surface area contributed by atoms with E-state index in [1.54, 1.807) is 37.3 Å². The Balaban J connectivity index is 2.46. The summed E-state index contributed by atoms with van der Waals surface area (Å²) in [6.07, 6.45) is 1.44. The molecule has 1 atom stereocenters. The van der Waals surface area contributed by atoms with Crippen molar-refractivity contribution >= 4 is 27.3 Å². The molecule has 0 fully saturated rings. The van der Waals surface area contributed by atoms with Crippen LogP contribution in [0.3, 0.4) is 0 Å². The summed E-state index contributed by atoms with van der Waals surface area (Å²) >= 11 is 0. The van der Waals surface area contributed by atoms with Crippen molar-refractivity contribution in [3.8, 4) is 5.75 Å². The van der Waals surface area contributed by atoms with Crippen molar-refractivity contribution in [1.82, 2.24) is 0 Å². The van der Waals surface area contributed by atoms with E-state index in [1.165, 1.54) is 11.4 Å². The SMILES string of the molecule is CC[C@@H](C(=O)Nc1ccccc1OC)N(c1cc(C)ccc1C)S(C)(=O)=O. The van der Waals surface area contributed by atoms with Gasteiger partial charge in [0, 0.05) is 0 Å². The number of methoxy groups -OCH3 is 1. The van der Waals surface area contributed by atoms with Gasteiger partial charge in [0.15, 0.2) is 0 Å². The van der Waals surface area contributed by atoms with Gasteiger partial charge >= 0.3 is 0 Å². The van der Waals surface area contributed by atoms with Gasteiger partial charge in [-0.25, -0.2) is 8.42 Å². The maximum Gasteiger partial charge on any atom is 0.248 e. The molecule has 0 heterocycles. The lowest BCUT2D eigenvalue weighted by molar-refractivity contribution is -0.117. The number of para-hydroxylation sites is 2. The largest absolute Gasteiger partial charge is 0.495 e. The fraction of sp³-hybridized carbons (Fsp3) is 0.350. The zero-order valence-electron chi connectivity index (χ0n) is 16.3. The molecule has 1 N–H and O–H groups in total. The zero-order valence-corrected chi connectivity index (χ0v) is 17.1. The zero-order chi connectivity index (χ0) is 20.2. The molecule has 6 nitrogen and oxygen atoms in total. The Hall–Kier alpha value is -2.54. The number of aryl methyl sites for hydroxylation is 2. The van der Waals surface area contributed by atoms with Crippen molar-refractivity contribution in [1.29, 1.82) is 0 Å². The van der Waals surface area contributed by atoms with Crippen LogP contribution in [0.4, 0.5) is 11.4 Å². The van der Waals surface area contributed by atoms with Crippen LogP contribution < -0.4 is 14.4 Å². The molecule has 0 aromatic heterocycles. The smallest absolute Gasteiger partial charge is 0.248 e. The highest BCUT2D eigenvalue weighted by molar-refractivity contribution is 7.92. The molecule has 0 saturated carbocycles. The molecular weight excluding hydrogens is 364 g/mol. The standard InChI is InChI=1S/C20H26N2O4S/c1-6-17(20(23)21-16-9-7-8-10-19(16)26-4)22(27(5,24)25)18-13-14(2)11-12-15(18)3/h7-13,17H,6H2,1-5H3,(H,21,23)/t17-/m0/s1. The Morgan fingerprint density at radius 1 is 1.19 bits per heavy atom. The number of carbonyl (C=O) groups is 1. The number of nitrogens with one attached hydrogen (secondary N) is 1. The lowest BCUT2D eigenvalue weighted by atomic mass is 10.1. The first-order chi connectivity index (χ1) is 12.7. The van der Waals surface area contributed by atoms with Gasteiger partial charge in [0.25, 0.3) is 0 Å². The Labute approximate surface area is 161 Å². The second-order valence-corrected chi connectivity index (χ2v) is 8.32. The Morgan fingerprint density at radius 2 is 1.85 bits per heavy atom. The van der Waals surface area contributed by atoms with E-state index in [0.29, 0.717) is 23.5 Å². The van der Waals surface area contributed by atoms with Gasteiger partial charge in [-0.05, 0) is 49.6 Å². The summed E-state index contributed by atoms with van der Waals surface area (Å²) in [5.74, 6) is 0.103. The van der Waals surface area contributed by atoms with Crippen LogP contribution in [-0.4, -0.2) is 33.7 Å². The third kappa shape index (κ3) is 4.80. The van der Waals surface area contributed by atoms with E-state index in [1.807, 2.05) is 26.0 Å². The molecule has 0 bridgehead atoms. The maximum absolute atomic E-state index is 13.0. The number of amides is 1. The highest BCUT2D eigenvalue weighted by atomic mass is 32.2. The summed E-state index contributed by atoms with van der Waals surface area (Å²) in [6.45, 7) is 5.51. The normalized spacial score (nSPS) is 12.3. The Morgan fingerprint density at radius 3 is 2.44 bits per heavy atom.